The van der Waals surface area contributed by atoms with Crippen molar-refractivity contribution in [2.45, 2.75) is 32.9 Å². The van der Waals surface area contributed by atoms with E-state index in [9.17, 15) is 0 Å². The maximum Gasteiger partial charge on any atom is 0.108 e. The maximum atomic E-state index is 5.43. The highest BCUT2D eigenvalue weighted by Gasteiger charge is 2.21. The fourth-order valence-electron chi connectivity index (χ4n) is 1.37. The zero-order valence-corrected chi connectivity index (χ0v) is 7.63. The lowest BCUT2D eigenvalue weighted by Gasteiger charge is -2.35. The second-order valence-corrected chi connectivity index (χ2v) is 3.49. The summed E-state index contributed by atoms with van der Waals surface area (Å²) < 4.78 is 5.43. The molecule has 1 saturated heterocycles. The highest BCUT2D eigenvalue weighted by atomic mass is 16.5. The minimum atomic E-state index is 0.304. The fourth-order valence-corrected chi connectivity index (χ4v) is 1.37. The van der Waals surface area contributed by atoms with Crippen LogP contribution in [-0.4, -0.2) is 30.1 Å². The molecule has 1 aliphatic rings. The van der Waals surface area contributed by atoms with Crippen LogP contribution >= 0.6 is 0 Å². The van der Waals surface area contributed by atoms with Crippen molar-refractivity contribution in [3.8, 4) is 0 Å². The molecule has 0 aromatic heterocycles. The zero-order chi connectivity index (χ0) is 8.43. The third-order valence-electron chi connectivity index (χ3n) is 1.97. The van der Waals surface area contributed by atoms with Crippen LogP contribution in [-0.2, 0) is 4.74 Å². The molecule has 0 spiro atoms. The lowest BCUT2D eigenvalue weighted by atomic mass is 10.2. The molecular formula is C9H17NO. The van der Waals surface area contributed by atoms with E-state index in [-0.39, 0.29) is 0 Å². The number of rotatable bonds is 1. The van der Waals surface area contributed by atoms with Gasteiger partial charge in [-0.3, -0.25) is 4.90 Å². The Labute approximate surface area is 68.8 Å². The first kappa shape index (κ1) is 8.60. The van der Waals surface area contributed by atoms with E-state index in [0.29, 0.717) is 12.1 Å². The Balaban J connectivity index is 2.49. The average Bonchev–Trinajstić information content (AvgIpc) is 1.85. The van der Waals surface area contributed by atoms with E-state index >= 15 is 0 Å². The van der Waals surface area contributed by atoms with E-state index < -0.39 is 0 Å². The van der Waals surface area contributed by atoms with Gasteiger partial charge in [-0.1, -0.05) is 6.58 Å². The molecular weight excluding hydrogens is 138 g/mol. The van der Waals surface area contributed by atoms with Crippen LogP contribution < -0.4 is 0 Å². The lowest BCUT2D eigenvalue weighted by molar-refractivity contribution is 0.0209. The van der Waals surface area contributed by atoms with Gasteiger partial charge in [0.25, 0.3) is 0 Å². The summed E-state index contributed by atoms with van der Waals surface area (Å²) in [5, 5.41) is 0. The van der Waals surface area contributed by atoms with Gasteiger partial charge in [0.2, 0.25) is 0 Å². The summed E-state index contributed by atoms with van der Waals surface area (Å²) >= 11 is 0. The van der Waals surface area contributed by atoms with Gasteiger partial charge in [-0.05, 0) is 20.8 Å². The minimum Gasteiger partial charge on any atom is -0.493 e. The molecule has 11 heavy (non-hydrogen) atoms. The summed E-state index contributed by atoms with van der Waals surface area (Å²) in [6.45, 7) is 12.2. The first-order valence-corrected chi connectivity index (χ1v) is 4.18. The van der Waals surface area contributed by atoms with Crippen LogP contribution in [0.5, 0.6) is 0 Å². The van der Waals surface area contributed by atoms with Gasteiger partial charge >= 0.3 is 0 Å². The van der Waals surface area contributed by atoms with Gasteiger partial charge in [0.1, 0.15) is 11.9 Å². The van der Waals surface area contributed by atoms with Crippen molar-refractivity contribution in [3.63, 3.8) is 0 Å². The van der Waals surface area contributed by atoms with Crippen LogP contribution in [0, 0.1) is 0 Å². The molecule has 0 amide bonds. The largest absolute Gasteiger partial charge is 0.493 e. The van der Waals surface area contributed by atoms with Crippen molar-refractivity contribution < 1.29 is 4.74 Å². The standard InChI is InChI=1S/C9H17NO/c1-7(2)10-5-8(3)11-9(4)6-10/h7,9H,3,5-6H2,1-2,4H3/t9-/m0/s1. The van der Waals surface area contributed by atoms with Crippen molar-refractivity contribution in [3.05, 3.63) is 12.3 Å². The Morgan fingerprint density at radius 2 is 2.27 bits per heavy atom. The molecule has 0 saturated carbocycles. The van der Waals surface area contributed by atoms with Gasteiger partial charge in [0.15, 0.2) is 0 Å². The minimum absolute atomic E-state index is 0.304. The van der Waals surface area contributed by atoms with Gasteiger partial charge < -0.3 is 4.74 Å². The van der Waals surface area contributed by atoms with Gasteiger partial charge in [-0.15, -0.1) is 0 Å². The van der Waals surface area contributed by atoms with Gasteiger partial charge in [0, 0.05) is 12.6 Å². The van der Waals surface area contributed by atoms with Gasteiger partial charge in [-0.25, -0.2) is 0 Å². The predicted molar refractivity (Wildman–Crippen MR) is 46.4 cm³/mol. The molecule has 0 aromatic carbocycles. The lowest BCUT2D eigenvalue weighted by Crippen LogP contribution is -2.43. The van der Waals surface area contributed by atoms with E-state index in [1.54, 1.807) is 0 Å². The number of hydrogen-bond acceptors (Lipinski definition) is 2. The Hall–Kier alpha value is -0.500. The molecule has 64 valence electrons. The van der Waals surface area contributed by atoms with Crippen LogP contribution in [0.1, 0.15) is 20.8 Å². The Morgan fingerprint density at radius 1 is 1.64 bits per heavy atom. The zero-order valence-electron chi connectivity index (χ0n) is 7.63. The van der Waals surface area contributed by atoms with Crippen molar-refractivity contribution in [2.75, 3.05) is 13.1 Å². The monoisotopic (exact) mass is 155 g/mol. The molecule has 1 rings (SSSR count). The molecule has 0 bridgehead atoms. The fraction of sp³-hybridized carbons (Fsp3) is 0.778. The molecule has 1 heterocycles. The smallest absolute Gasteiger partial charge is 0.108 e. The van der Waals surface area contributed by atoms with Crippen molar-refractivity contribution in [2.24, 2.45) is 0 Å². The molecule has 0 aromatic rings. The Morgan fingerprint density at radius 3 is 2.73 bits per heavy atom. The first-order chi connectivity index (χ1) is 5.09. The third kappa shape index (κ3) is 2.22. The molecule has 1 atom stereocenters. The topological polar surface area (TPSA) is 12.5 Å². The number of hydrogen-bond donors (Lipinski definition) is 0. The summed E-state index contributed by atoms with van der Waals surface area (Å²) in [6.07, 6.45) is 0.304. The number of morpholine rings is 1. The van der Waals surface area contributed by atoms with E-state index in [0.717, 1.165) is 18.8 Å². The van der Waals surface area contributed by atoms with E-state index in [2.05, 4.69) is 32.3 Å². The van der Waals surface area contributed by atoms with E-state index in [4.69, 9.17) is 4.74 Å². The molecule has 0 N–H and O–H groups in total. The SMILES string of the molecule is C=C1CN(C(C)C)C[C@H](C)O1. The van der Waals surface area contributed by atoms with Crippen LogP contribution in [0.2, 0.25) is 0 Å². The first-order valence-electron chi connectivity index (χ1n) is 4.18. The molecule has 1 aliphatic heterocycles. The molecule has 1 fully saturated rings. The highest BCUT2D eigenvalue weighted by molar-refractivity contribution is 4.93. The average molecular weight is 155 g/mol. The number of ether oxygens (including phenoxy) is 1. The second kappa shape index (κ2) is 3.26. The molecule has 0 radical (unpaired) electrons. The van der Waals surface area contributed by atoms with Crippen molar-refractivity contribution in [1.29, 1.82) is 0 Å². The van der Waals surface area contributed by atoms with E-state index in [1.807, 2.05) is 0 Å². The molecule has 2 nitrogen and oxygen atoms in total. The van der Waals surface area contributed by atoms with Crippen LogP contribution in [0.4, 0.5) is 0 Å². The van der Waals surface area contributed by atoms with E-state index in [1.165, 1.54) is 0 Å². The van der Waals surface area contributed by atoms with Gasteiger partial charge in [0.05, 0.1) is 6.54 Å². The van der Waals surface area contributed by atoms with Crippen LogP contribution in [0.15, 0.2) is 12.3 Å². The van der Waals surface area contributed by atoms with Crippen molar-refractivity contribution >= 4 is 0 Å². The van der Waals surface area contributed by atoms with Crippen LogP contribution in [0.3, 0.4) is 0 Å². The highest BCUT2D eigenvalue weighted by Crippen LogP contribution is 2.14. The maximum absolute atomic E-state index is 5.43. The second-order valence-electron chi connectivity index (χ2n) is 3.49. The molecule has 0 aliphatic carbocycles. The molecule has 0 unspecified atom stereocenters. The quantitative estimate of drug-likeness (QED) is 0.570. The summed E-state index contributed by atoms with van der Waals surface area (Å²) in [4.78, 5) is 2.37. The molecule has 2 heteroatoms. The van der Waals surface area contributed by atoms with Crippen LogP contribution in [0.25, 0.3) is 0 Å². The summed E-state index contributed by atoms with van der Waals surface area (Å²) in [5.74, 6) is 0.900. The summed E-state index contributed by atoms with van der Waals surface area (Å²) in [6, 6.07) is 0.595. The number of nitrogens with zero attached hydrogens (tertiary/aromatic N) is 1. The van der Waals surface area contributed by atoms with Gasteiger partial charge in [-0.2, -0.15) is 0 Å². The Bertz CT molecular complexity index is 154. The summed E-state index contributed by atoms with van der Waals surface area (Å²) in [7, 11) is 0. The normalized spacial score (nSPS) is 27.3. The predicted octanol–water partition coefficient (Wildman–Crippen LogP) is 1.63. The Kier molecular flexibility index (Phi) is 2.55. The third-order valence-corrected chi connectivity index (χ3v) is 1.97. The van der Waals surface area contributed by atoms with Crippen molar-refractivity contribution in [1.82, 2.24) is 4.90 Å². The summed E-state index contributed by atoms with van der Waals surface area (Å²) in [5.41, 5.74) is 0.